The van der Waals surface area contributed by atoms with Crippen molar-refractivity contribution in [1.29, 1.82) is 0 Å². The first-order valence-corrected chi connectivity index (χ1v) is 7.99. The van der Waals surface area contributed by atoms with Crippen LogP contribution in [-0.2, 0) is 16.1 Å². The first-order chi connectivity index (χ1) is 11.8. The minimum atomic E-state index is -0.269. The lowest BCUT2D eigenvalue weighted by atomic mass is 9.97. The highest BCUT2D eigenvalue weighted by molar-refractivity contribution is 5.78. The van der Waals surface area contributed by atoms with Gasteiger partial charge in [-0.1, -0.05) is 67.6 Å². The summed E-state index contributed by atoms with van der Waals surface area (Å²) in [6.45, 7) is 2.01. The molecule has 4 nitrogen and oxygen atoms in total. The van der Waals surface area contributed by atoms with E-state index in [0.29, 0.717) is 18.1 Å². The Bertz CT molecular complexity index is 781. The van der Waals surface area contributed by atoms with E-state index in [1.54, 1.807) is 6.20 Å². The molecule has 0 N–H and O–H groups in total. The van der Waals surface area contributed by atoms with Crippen molar-refractivity contribution < 1.29 is 13.9 Å². The van der Waals surface area contributed by atoms with Crippen molar-refractivity contribution in [3.05, 3.63) is 78.3 Å². The minimum Gasteiger partial charge on any atom is -0.455 e. The molecule has 0 aliphatic heterocycles. The minimum absolute atomic E-state index is 0.0367. The van der Waals surface area contributed by atoms with Crippen LogP contribution in [-0.4, -0.2) is 11.0 Å². The van der Waals surface area contributed by atoms with Crippen LogP contribution in [0.3, 0.4) is 0 Å². The molecular weight excluding hydrogens is 302 g/mol. The molecule has 0 saturated carbocycles. The maximum Gasteiger partial charge on any atom is 0.313 e. The van der Waals surface area contributed by atoms with Gasteiger partial charge >= 0.3 is 5.97 Å². The summed E-state index contributed by atoms with van der Waals surface area (Å²) in [5, 5.41) is 0. The SMILES string of the molecule is CC[C@@H](C(=O)OCc1ncc(-c2ccccc2)o1)c1ccccc1. The van der Waals surface area contributed by atoms with E-state index < -0.39 is 0 Å². The highest BCUT2D eigenvalue weighted by atomic mass is 16.5. The van der Waals surface area contributed by atoms with E-state index >= 15 is 0 Å². The van der Waals surface area contributed by atoms with E-state index in [9.17, 15) is 4.79 Å². The van der Waals surface area contributed by atoms with Crippen LogP contribution in [0.25, 0.3) is 11.3 Å². The number of oxazole rings is 1. The topological polar surface area (TPSA) is 52.3 Å². The molecule has 1 atom stereocenters. The van der Waals surface area contributed by atoms with Crippen molar-refractivity contribution in [2.75, 3.05) is 0 Å². The number of esters is 1. The van der Waals surface area contributed by atoms with Gasteiger partial charge in [0, 0.05) is 5.56 Å². The van der Waals surface area contributed by atoms with Gasteiger partial charge in [-0.15, -0.1) is 0 Å². The molecule has 0 fully saturated rings. The zero-order valence-electron chi connectivity index (χ0n) is 13.5. The van der Waals surface area contributed by atoms with E-state index in [1.807, 2.05) is 67.6 Å². The summed E-state index contributed by atoms with van der Waals surface area (Å²) in [5.41, 5.74) is 1.90. The molecule has 0 saturated heterocycles. The van der Waals surface area contributed by atoms with Crippen molar-refractivity contribution in [2.24, 2.45) is 0 Å². The van der Waals surface area contributed by atoms with Gasteiger partial charge in [-0.25, -0.2) is 4.98 Å². The Hall–Kier alpha value is -2.88. The predicted octanol–water partition coefficient (Wildman–Crippen LogP) is 4.58. The molecule has 0 amide bonds. The van der Waals surface area contributed by atoms with Gasteiger partial charge in [0.1, 0.15) is 0 Å². The Labute approximate surface area is 141 Å². The second-order valence-corrected chi connectivity index (χ2v) is 5.46. The molecule has 0 unspecified atom stereocenters. The van der Waals surface area contributed by atoms with Gasteiger partial charge in [-0.05, 0) is 12.0 Å². The monoisotopic (exact) mass is 321 g/mol. The summed E-state index contributed by atoms with van der Waals surface area (Å²) >= 11 is 0. The fraction of sp³-hybridized carbons (Fsp3) is 0.200. The number of carbonyl (C=O) groups is 1. The van der Waals surface area contributed by atoms with Crippen LogP contribution < -0.4 is 0 Å². The second-order valence-electron chi connectivity index (χ2n) is 5.46. The first kappa shape index (κ1) is 16.0. The molecule has 0 aliphatic rings. The second kappa shape index (κ2) is 7.59. The van der Waals surface area contributed by atoms with Crippen LogP contribution in [0.15, 0.2) is 71.3 Å². The number of aromatic nitrogens is 1. The molecule has 3 rings (SSSR count). The Morgan fingerprint density at radius 3 is 2.42 bits per heavy atom. The van der Waals surface area contributed by atoms with Gasteiger partial charge in [0.25, 0.3) is 0 Å². The highest BCUT2D eigenvalue weighted by Gasteiger charge is 2.20. The van der Waals surface area contributed by atoms with Crippen LogP contribution in [0.5, 0.6) is 0 Å². The largest absolute Gasteiger partial charge is 0.455 e. The maximum absolute atomic E-state index is 12.3. The van der Waals surface area contributed by atoms with Gasteiger partial charge in [0.2, 0.25) is 5.89 Å². The zero-order chi connectivity index (χ0) is 16.8. The van der Waals surface area contributed by atoms with Gasteiger partial charge in [0.15, 0.2) is 12.4 Å². The number of benzene rings is 2. The molecule has 0 radical (unpaired) electrons. The molecule has 4 heteroatoms. The van der Waals surface area contributed by atoms with Gasteiger partial charge in [-0.3, -0.25) is 4.79 Å². The third kappa shape index (κ3) is 3.71. The summed E-state index contributed by atoms with van der Waals surface area (Å²) < 4.78 is 11.0. The Morgan fingerprint density at radius 2 is 1.75 bits per heavy atom. The lowest BCUT2D eigenvalue weighted by Crippen LogP contribution is -2.15. The maximum atomic E-state index is 12.3. The summed E-state index contributed by atoms with van der Waals surface area (Å²) in [4.78, 5) is 16.5. The summed E-state index contributed by atoms with van der Waals surface area (Å²) in [7, 11) is 0. The average Bonchev–Trinajstić information content (AvgIpc) is 3.11. The lowest BCUT2D eigenvalue weighted by Gasteiger charge is -2.13. The molecule has 24 heavy (non-hydrogen) atoms. The highest BCUT2D eigenvalue weighted by Crippen LogP contribution is 2.23. The van der Waals surface area contributed by atoms with Crippen LogP contribution >= 0.6 is 0 Å². The number of ether oxygens (including phenoxy) is 1. The summed E-state index contributed by atoms with van der Waals surface area (Å²) in [6, 6.07) is 19.3. The van der Waals surface area contributed by atoms with Gasteiger partial charge in [-0.2, -0.15) is 0 Å². The number of hydrogen-bond acceptors (Lipinski definition) is 4. The zero-order valence-corrected chi connectivity index (χ0v) is 13.5. The van der Waals surface area contributed by atoms with E-state index in [-0.39, 0.29) is 18.5 Å². The molecule has 0 spiro atoms. The normalized spacial score (nSPS) is 11.9. The van der Waals surface area contributed by atoms with Gasteiger partial charge < -0.3 is 9.15 Å². The quantitative estimate of drug-likeness (QED) is 0.624. The molecule has 3 aromatic rings. The predicted molar refractivity (Wildman–Crippen MR) is 91.2 cm³/mol. The van der Waals surface area contributed by atoms with Crippen molar-refractivity contribution in [1.82, 2.24) is 4.98 Å². The van der Waals surface area contributed by atoms with Crippen molar-refractivity contribution in [2.45, 2.75) is 25.9 Å². The molecule has 1 aromatic heterocycles. The smallest absolute Gasteiger partial charge is 0.313 e. The number of carbonyl (C=O) groups excluding carboxylic acids is 1. The van der Waals surface area contributed by atoms with Gasteiger partial charge in [0.05, 0.1) is 12.1 Å². The van der Waals surface area contributed by atoms with Crippen molar-refractivity contribution >= 4 is 5.97 Å². The molecule has 122 valence electrons. The Balaban J connectivity index is 1.63. The lowest BCUT2D eigenvalue weighted by molar-refractivity contribution is -0.147. The standard InChI is InChI=1S/C20H19NO3/c1-2-17(15-9-5-3-6-10-15)20(22)23-14-19-21-13-18(24-19)16-11-7-4-8-12-16/h3-13,17H,2,14H2,1H3/t17-/m1/s1. The van der Waals surface area contributed by atoms with Crippen molar-refractivity contribution in [3.8, 4) is 11.3 Å². The van der Waals surface area contributed by atoms with Crippen LogP contribution in [0.1, 0.15) is 30.7 Å². The van der Waals surface area contributed by atoms with Crippen LogP contribution in [0.2, 0.25) is 0 Å². The van der Waals surface area contributed by atoms with E-state index in [2.05, 4.69) is 4.98 Å². The molecule has 0 bridgehead atoms. The third-order valence-corrected chi connectivity index (χ3v) is 3.84. The number of rotatable bonds is 6. The molecular formula is C20H19NO3. The molecule has 0 aliphatic carbocycles. The fourth-order valence-electron chi connectivity index (χ4n) is 2.57. The Morgan fingerprint density at radius 1 is 1.08 bits per heavy atom. The van der Waals surface area contributed by atoms with E-state index in [1.165, 1.54) is 0 Å². The third-order valence-electron chi connectivity index (χ3n) is 3.84. The van der Waals surface area contributed by atoms with Crippen molar-refractivity contribution in [3.63, 3.8) is 0 Å². The summed E-state index contributed by atoms with van der Waals surface area (Å²) in [5.74, 6) is 0.528. The number of nitrogens with zero attached hydrogens (tertiary/aromatic N) is 1. The molecule has 2 aromatic carbocycles. The average molecular weight is 321 g/mol. The number of hydrogen-bond donors (Lipinski definition) is 0. The van der Waals surface area contributed by atoms with Crippen LogP contribution in [0.4, 0.5) is 0 Å². The van der Waals surface area contributed by atoms with E-state index in [0.717, 1.165) is 11.1 Å². The summed E-state index contributed by atoms with van der Waals surface area (Å²) in [6.07, 6.45) is 2.33. The first-order valence-electron chi connectivity index (χ1n) is 7.99. The fourth-order valence-corrected chi connectivity index (χ4v) is 2.57. The molecule has 1 heterocycles. The van der Waals surface area contributed by atoms with E-state index in [4.69, 9.17) is 9.15 Å². The Kier molecular flexibility index (Phi) is 5.06. The van der Waals surface area contributed by atoms with Crippen LogP contribution in [0, 0.1) is 0 Å².